The molecule has 2 N–H and O–H groups in total. The Morgan fingerprint density at radius 1 is 1.03 bits per heavy atom. The van der Waals surface area contributed by atoms with Gasteiger partial charge in [-0.1, -0.05) is 12.1 Å². The Balaban J connectivity index is 1.60. The van der Waals surface area contributed by atoms with Crippen LogP contribution in [0.15, 0.2) is 42.5 Å². The second-order valence-electron chi connectivity index (χ2n) is 8.46. The molecule has 7 heteroatoms. The number of para-hydroxylation sites is 1. The molecule has 164 valence electrons. The second kappa shape index (κ2) is 7.66. The van der Waals surface area contributed by atoms with Gasteiger partial charge in [0.15, 0.2) is 17.2 Å². The van der Waals surface area contributed by atoms with Crippen molar-refractivity contribution in [3.8, 4) is 23.0 Å². The SMILES string of the molecule is COc1ccc(C2=C[C@H]3c4cccc(OC)c4OC4(CC[NH+](C)CC4)N3N2)c(OC)c1. The Bertz CT molecular complexity index is 1010. The highest BCUT2D eigenvalue weighted by Gasteiger charge is 2.53. The number of rotatable bonds is 4. The molecule has 1 fully saturated rings. The Kier molecular flexibility index (Phi) is 4.95. The maximum atomic E-state index is 6.76. The Morgan fingerprint density at radius 2 is 1.81 bits per heavy atom. The van der Waals surface area contributed by atoms with Crippen LogP contribution in [0.3, 0.4) is 0 Å². The number of methoxy groups -OCH3 is 3. The van der Waals surface area contributed by atoms with Crippen molar-refractivity contribution in [3.05, 3.63) is 53.6 Å². The van der Waals surface area contributed by atoms with Crippen LogP contribution in [-0.2, 0) is 0 Å². The fourth-order valence-corrected chi connectivity index (χ4v) is 4.91. The highest BCUT2D eigenvalue weighted by atomic mass is 16.5. The van der Waals surface area contributed by atoms with Crippen LogP contribution in [0.5, 0.6) is 23.0 Å². The number of ether oxygens (including phenoxy) is 4. The fraction of sp³-hybridized carbons (Fsp3) is 0.417. The van der Waals surface area contributed by atoms with Gasteiger partial charge >= 0.3 is 0 Å². The van der Waals surface area contributed by atoms with Gasteiger partial charge in [-0.3, -0.25) is 0 Å². The number of benzene rings is 2. The lowest BCUT2D eigenvalue weighted by molar-refractivity contribution is -0.888. The topological polar surface area (TPSA) is 56.6 Å². The van der Waals surface area contributed by atoms with Crippen molar-refractivity contribution >= 4 is 5.70 Å². The first-order valence-electron chi connectivity index (χ1n) is 10.8. The molecule has 2 aromatic carbocycles. The summed E-state index contributed by atoms with van der Waals surface area (Å²) < 4.78 is 23.5. The summed E-state index contributed by atoms with van der Waals surface area (Å²) in [6.45, 7) is 2.10. The van der Waals surface area contributed by atoms with E-state index in [2.05, 4.69) is 29.6 Å². The molecule has 3 aliphatic heterocycles. The van der Waals surface area contributed by atoms with Crippen molar-refractivity contribution in [3.63, 3.8) is 0 Å². The van der Waals surface area contributed by atoms with Gasteiger partial charge in [-0.15, -0.1) is 0 Å². The van der Waals surface area contributed by atoms with Crippen LogP contribution in [0.4, 0.5) is 0 Å². The van der Waals surface area contributed by atoms with E-state index >= 15 is 0 Å². The summed E-state index contributed by atoms with van der Waals surface area (Å²) in [6, 6.07) is 12.1. The molecule has 0 radical (unpaired) electrons. The quantitative estimate of drug-likeness (QED) is 0.783. The number of nitrogens with zero attached hydrogens (tertiary/aromatic N) is 1. The van der Waals surface area contributed by atoms with Crippen molar-refractivity contribution in [1.82, 2.24) is 10.4 Å². The number of nitrogens with one attached hydrogen (secondary N) is 2. The lowest BCUT2D eigenvalue weighted by Crippen LogP contribution is -3.11. The highest BCUT2D eigenvalue weighted by molar-refractivity contribution is 5.73. The first-order valence-corrected chi connectivity index (χ1v) is 10.8. The number of hydrogen-bond donors (Lipinski definition) is 2. The van der Waals surface area contributed by atoms with Crippen LogP contribution in [-0.4, -0.2) is 52.2 Å². The van der Waals surface area contributed by atoms with Gasteiger partial charge in [0, 0.05) is 17.2 Å². The van der Waals surface area contributed by atoms with E-state index in [4.69, 9.17) is 18.9 Å². The molecule has 5 rings (SSSR count). The standard InChI is InChI=1S/C24H29N3O4/c1-26-12-10-24(11-13-26)27-20(18-6-5-7-21(29-3)23(18)31-24)15-19(25-27)17-9-8-16(28-2)14-22(17)30-4/h5-9,14-15,20,25H,10-13H2,1-4H3/p+1/t20-/m0/s1. The first-order chi connectivity index (χ1) is 15.1. The molecule has 3 heterocycles. The fourth-order valence-electron chi connectivity index (χ4n) is 4.91. The third-order valence-corrected chi connectivity index (χ3v) is 6.71. The molecule has 7 nitrogen and oxygen atoms in total. The second-order valence-corrected chi connectivity index (χ2v) is 8.46. The molecule has 0 unspecified atom stereocenters. The number of fused-ring (bicyclic) bond motifs is 4. The van der Waals surface area contributed by atoms with Crippen molar-refractivity contribution in [2.45, 2.75) is 24.6 Å². The normalized spacial score (nSPS) is 26.9. The van der Waals surface area contributed by atoms with Crippen molar-refractivity contribution < 1.29 is 23.8 Å². The highest BCUT2D eigenvalue weighted by Crippen LogP contribution is 2.51. The van der Waals surface area contributed by atoms with Crippen LogP contribution in [0.2, 0.25) is 0 Å². The van der Waals surface area contributed by atoms with E-state index in [9.17, 15) is 0 Å². The molecule has 0 amide bonds. The van der Waals surface area contributed by atoms with E-state index in [0.717, 1.165) is 65.8 Å². The average Bonchev–Trinajstić information content (AvgIpc) is 3.27. The van der Waals surface area contributed by atoms with E-state index in [1.807, 2.05) is 30.3 Å². The van der Waals surface area contributed by atoms with Crippen LogP contribution in [0.25, 0.3) is 5.70 Å². The van der Waals surface area contributed by atoms with Crippen molar-refractivity contribution in [1.29, 1.82) is 0 Å². The molecule has 3 aliphatic rings. The van der Waals surface area contributed by atoms with Gasteiger partial charge in [0.25, 0.3) is 0 Å². The summed E-state index contributed by atoms with van der Waals surface area (Å²) in [5.41, 5.74) is 6.35. The van der Waals surface area contributed by atoms with E-state index < -0.39 is 5.72 Å². The third-order valence-electron chi connectivity index (χ3n) is 6.71. The predicted octanol–water partition coefficient (Wildman–Crippen LogP) is 2.01. The molecule has 31 heavy (non-hydrogen) atoms. The molecule has 0 aromatic heterocycles. The maximum absolute atomic E-state index is 6.76. The zero-order chi connectivity index (χ0) is 21.6. The van der Waals surface area contributed by atoms with E-state index in [1.54, 1.807) is 21.3 Å². The van der Waals surface area contributed by atoms with Gasteiger partial charge in [0.2, 0.25) is 0 Å². The smallest absolute Gasteiger partial charge is 0.191 e. The van der Waals surface area contributed by atoms with Crippen LogP contribution in [0.1, 0.15) is 30.0 Å². The van der Waals surface area contributed by atoms with E-state index in [0.29, 0.717) is 0 Å². The summed E-state index contributed by atoms with van der Waals surface area (Å²) in [7, 11) is 7.29. The van der Waals surface area contributed by atoms with Crippen LogP contribution >= 0.6 is 0 Å². The first kappa shape index (κ1) is 20.0. The lowest BCUT2D eigenvalue weighted by atomic mass is 9.92. The zero-order valence-electron chi connectivity index (χ0n) is 18.5. The van der Waals surface area contributed by atoms with Crippen molar-refractivity contribution in [2.75, 3.05) is 41.5 Å². The predicted molar refractivity (Wildman–Crippen MR) is 117 cm³/mol. The van der Waals surface area contributed by atoms with Crippen LogP contribution in [0, 0.1) is 0 Å². The molecule has 0 bridgehead atoms. The molecule has 1 saturated heterocycles. The average molecular weight is 425 g/mol. The van der Waals surface area contributed by atoms with Crippen LogP contribution < -0.4 is 29.3 Å². The van der Waals surface area contributed by atoms with Gasteiger partial charge in [0.05, 0.1) is 66.0 Å². The molecular formula is C24H30N3O4+. The maximum Gasteiger partial charge on any atom is 0.191 e. The molecule has 1 atom stereocenters. The zero-order valence-corrected chi connectivity index (χ0v) is 18.5. The van der Waals surface area contributed by atoms with Gasteiger partial charge in [-0.05, 0) is 24.3 Å². The van der Waals surface area contributed by atoms with E-state index in [-0.39, 0.29) is 6.04 Å². The summed E-state index contributed by atoms with van der Waals surface area (Å²) in [6.07, 6.45) is 4.12. The summed E-state index contributed by atoms with van der Waals surface area (Å²) in [5.74, 6) is 3.18. The number of hydrogen-bond acceptors (Lipinski definition) is 6. The number of hydrazine groups is 1. The largest absolute Gasteiger partial charge is 0.497 e. The molecule has 0 aliphatic carbocycles. The van der Waals surface area contributed by atoms with Gasteiger partial charge in [0.1, 0.15) is 11.5 Å². The minimum absolute atomic E-state index is 0.0408. The van der Waals surface area contributed by atoms with Gasteiger partial charge < -0.3 is 29.3 Å². The summed E-state index contributed by atoms with van der Waals surface area (Å²) in [5, 5.41) is 2.29. The Labute approximate surface area is 183 Å². The summed E-state index contributed by atoms with van der Waals surface area (Å²) in [4.78, 5) is 1.53. The van der Waals surface area contributed by atoms with Crippen molar-refractivity contribution in [2.24, 2.45) is 0 Å². The number of likely N-dealkylation sites (tertiary alicyclic amines) is 1. The monoisotopic (exact) mass is 424 g/mol. The minimum atomic E-state index is -0.427. The third kappa shape index (κ3) is 3.20. The van der Waals surface area contributed by atoms with Gasteiger partial charge in [-0.25, -0.2) is 0 Å². The molecule has 0 saturated carbocycles. The Hall–Kier alpha value is -2.90. The number of piperidine rings is 1. The molecule has 1 spiro atoms. The molecular weight excluding hydrogens is 394 g/mol. The van der Waals surface area contributed by atoms with Gasteiger partial charge in [-0.2, -0.15) is 5.01 Å². The lowest BCUT2D eigenvalue weighted by Gasteiger charge is -2.50. The number of quaternary nitrogens is 1. The van der Waals surface area contributed by atoms with E-state index in [1.165, 1.54) is 4.90 Å². The Morgan fingerprint density at radius 3 is 2.52 bits per heavy atom. The minimum Gasteiger partial charge on any atom is -0.497 e. The molecule has 2 aromatic rings. The summed E-state index contributed by atoms with van der Waals surface area (Å²) >= 11 is 0.